The lowest BCUT2D eigenvalue weighted by Gasteiger charge is -2.22. The summed E-state index contributed by atoms with van der Waals surface area (Å²) in [5.41, 5.74) is 5.97. The van der Waals surface area contributed by atoms with E-state index in [4.69, 9.17) is 18.0 Å². The maximum absolute atomic E-state index is 11.6. The van der Waals surface area contributed by atoms with Crippen LogP contribution in [0, 0.1) is 0 Å². The number of hydrogen-bond donors (Lipinski definition) is 3. The first kappa shape index (κ1) is 12.4. The van der Waals surface area contributed by atoms with Gasteiger partial charge in [-0.15, -0.1) is 0 Å². The zero-order chi connectivity index (χ0) is 13.1. The molecule has 1 fully saturated rings. The van der Waals surface area contributed by atoms with E-state index in [2.05, 4.69) is 15.6 Å². The van der Waals surface area contributed by atoms with Crippen molar-refractivity contribution in [1.82, 2.24) is 10.3 Å². The highest BCUT2D eigenvalue weighted by Gasteiger charge is 2.26. The van der Waals surface area contributed by atoms with E-state index in [1.807, 2.05) is 0 Å². The number of piperidine rings is 1. The van der Waals surface area contributed by atoms with Crippen molar-refractivity contribution in [3.05, 3.63) is 23.9 Å². The van der Waals surface area contributed by atoms with Crippen molar-refractivity contribution >= 4 is 34.8 Å². The highest BCUT2D eigenvalue weighted by Crippen LogP contribution is 2.12. The maximum atomic E-state index is 11.6. The van der Waals surface area contributed by atoms with Gasteiger partial charge >= 0.3 is 0 Å². The number of carbonyl (C=O) groups is 2. The van der Waals surface area contributed by atoms with Crippen LogP contribution in [-0.2, 0) is 9.59 Å². The molecule has 18 heavy (non-hydrogen) atoms. The Bertz CT molecular complexity index is 518. The van der Waals surface area contributed by atoms with E-state index in [-0.39, 0.29) is 16.8 Å². The molecule has 0 saturated carbocycles. The van der Waals surface area contributed by atoms with E-state index in [9.17, 15) is 9.59 Å². The Morgan fingerprint density at radius 2 is 2.28 bits per heavy atom. The first-order chi connectivity index (χ1) is 8.56. The predicted octanol–water partition coefficient (Wildman–Crippen LogP) is -0.0671. The smallest absolute Gasteiger partial charge is 0.249 e. The quantitative estimate of drug-likeness (QED) is 0.522. The zero-order valence-corrected chi connectivity index (χ0v) is 10.3. The van der Waals surface area contributed by atoms with E-state index in [1.165, 1.54) is 0 Å². The van der Waals surface area contributed by atoms with Crippen LogP contribution in [0.25, 0.3) is 0 Å². The summed E-state index contributed by atoms with van der Waals surface area (Å²) in [5, 5.41) is 5.22. The molecule has 0 radical (unpaired) electrons. The molecule has 1 aromatic rings. The number of nitrogens with zero attached hydrogens (tertiary/aromatic N) is 1. The summed E-state index contributed by atoms with van der Waals surface area (Å²) >= 11 is 4.83. The van der Waals surface area contributed by atoms with E-state index in [0.717, 1.165) is 0 Å². The van der Waals surface area contributed by atoms with Crippen LogP contribution in [-0.4, -0.2) is 27.8 Å². The number of nitrogens with one attached hydrogen (secondary N) is 2. The normalized spacial score (nSPS) is 19.2. The molecule has 6 nitrogen and oxygen atoms in total. The van der Waals surface area contributed by atoms with Crippen LogP contribution >= 0.6 is 12.2 Å². The number of pyridine rings is 1. The van der Waals surface area contributed by atoms with Crippen LogP contribution in [0.4, 0.5) is 5.82 Å². The average molecular weight is 264 g/mol. The molecule has 1 saturated heterocycles. The molecule has 2 heterocycles. The molecule has 1 unspecified atom stereocenters. The molecule has 1 atom stereocenters. The number of imide groups is 1. The molecule has 2 amide bonds. The Hall–Kier alpha value is -2.02. The average Bonchev–Trinajstić information content (AvgIpc) is 2.33. The monoisotopic (exact) mass is 264 g/mol. The number of aromatic nitrogens is 1. The highest BCUT2D eigenvalue weighted by molar-refractivity contribution is 7.80. The second-order valence-corrected chi connectivity index (χ2v) is 4.36. The predicted molar refractivity (Wildman–Crippen MR) is 69.9 cm³/mol. The molecule has 0 spiro atoms. The molecule has 1 aliphatic rings. The number of carbonyl (C=O) groups excluding carboxylic acids is 2. The third kappa shape index (κ3) is 2.80. The third-order valence-electron chi connectivity index (χ3n) is 2.56. The summed E-state index contributed by atoms with van der Waals surface area (Å²) in [6, 6.07) is 4.69. The summed E-state index contributed by atoms with van der Waals surface area (Å²) in [4.78, 5) is 26.9. The van der Waals surface area contributed by atoms with Crippen molar-refractivity contribution in [2.24, 2.45) is 5.73 Å². The van der Waals surface area contributed by atoms with Gasteiger partial charge in [0.25, 0.3) is 0 Å². The van der Waals surface area contributed by atoms with Crippen LogP contribution in [0.2, 0.25) is 0 Å². The van der Waals surface area contributed by atoms with E-state index in [1.54, 1.807) is 18.2 Å². The van der Waals surface area contributed by atoms with Crippen LogP contribution in [0.15, 0.2) is 18.2 Å². The van der Waals surface area contributed by atoms with E-state index in [0.29, 0.717) is 24.4 Å². The standard InChI is InChI=1S/C11H12N4O2S/c12-10(18)6-2-1-3-8(13-6)14-7-4-5-9(16)15-11(7)17/h1-3,7H,4-5H2,(H2,12,18)(H,13,14)(H,15,16,17). The van der Waals surface area contributed by atoms with Gasteiger partial charge in [0.2, 0.25) is 11.8 Å². The van der Waals surface area contributed by atoms with Crippen molar-refractivity contribution in [1.29, 1.82) is 0 Å². The lowest BCUT2D eigenvalue weighted by Crippen LogP contribution is -2.47. The number of hydrogen-bond acceptors (Lipinski definition) is 5. The second-order valence-electron chi connectivity index (χ2n) is 3.92. The van der Waals surface area contributed by atoms with Gasteiger partial charge in [-0.1, -0.05) is 18.3 Å². The Balaban J connectivity index is 2.09. The van der Waals surface area contributed by atoms with Crippen LogP contribution < -0.4 is 16.4 Å². The topological polar surface area (TPSA) is 97.1 Å². The van der Waals surface area contributed by atoms with Gasteiger partial charge in [0.15, 0.2) is 0 Å². The largest absolute Gasteiger partial charge is 0.388 e. The fourth-order valence-corrected chi connectivity index (χ4v) is 1.78. The molecule has 0 bridgehead atoms. The number of amides is 2. The lowest BCUT2D eigenvalue weighted by molar-refractivity contribution is -0.133. The minimum atomic E-state index is -0.461. The molecule has 4 N–H and O–H groups in total. The van der Waals surface area contributed by atoms with Crippen molar-refractivity contribution in [2.45, 2.75) is 18.9 Å². The molecular weight excluding hydrogens is 252 g/mol. The van der Waals surface area contributed by atoms with Crippen molar-refractivity contribution in [3.8, 4) is 0 Å². The number of nitrogens with two attached hydrogens (primary N) is 1. The molecule has 0 aliphatic carbocycles. The van der Waals surface area contributed by atoms with Gasteiger partial charge in [-0.3, -0.25) is 14.9 Å². The number of rotatable bonds is 3. The molecule has 94 valence electrons. The van der Waals surface area contributed by atoms with Crippen LogP contribution in [0.5, 0.6) is 0 Å². The SMILES string of the molecule is NC(=S)c1cccc(NC2CCC(=O)NC2=O)n1. The summed E-state index contributed by atoms with van der Waals surface area (Å²) < 4.78 is 0. The van der Waals surface area contributed by atoms with Crippen molar-refractivity contribution in [2.75, 3.05) is 5.32 Å². The van der Waals surface area contributed by atoms with Crippen LogP contribution in [0.1, 0.15) is 18.5 Å². The Labute approximate surface area is 109 Å². The Morgan fingerprint density at radius 1 is 1.50 bits per heavy atom. The maximum Gasteiger partial charge on any atom is 0.249 e. The Morgan fingerprint density at radius 3 is 2.94 bits per heavy atom. The minimum absolute atomic E-state index is 0.196. The highest BCUT2D eigenvalue weighted by atomic mass is 32.1. The Kier molecular flexibility index (Phi) is 3.52. The first-order valence-corrected chi connectivity index (χ1v) is 5.84. The van der Waals surface area contributed by atoms with Gasteiger partial charge < -0.3 is 11.1 Å². The van der Waals surface area contributed by atoms with Gasteiger partial charge in [-0.05, 0) is 18.6 Å². The van der Waals surface area contributed by atoms with Crippen molar-refractivity contribution < 1.29 is 9.59 Å². The van der Waals surface area contributed by atoms with E-state index >= 15 is 0 Å². The van der Waals surface area contributed by atoms with Gasteiger partial charge in [-0.25, -0.2) is 4.98 Å². The fraction of sp³-hybridized carbons (Fsp3) is 0.273. The fourth-order valence-electron chi connectivity index (χ4n) is 1.66. The molecule has 7 heteroatoms. The molecule has 2 rings (SSSR count). The summed E-state index contributed by atoms with van der Waals surface area (Å²) in [6.45, 7) is 0. The molecule has 1 aliphatic heterocycles. The second kappa shape index (κ2) is 5.09. The number of thiocarbonyl (C=S) groups is 1. The lowest BCUT2D eigenvalue weighted by atomic mass is 10.1. The van der Waals surface area contributed by atoms with E-state index < -0.39 is 6.04 Å². The summed E-state index contributed by atoms with van der Waals surface area (Å²) in [7, 11) is 0. The van der Waals surface area contributed by atoms with Gasteiger partial charge in [0.1, 0.15) is 16.8 Å². The molecule has 1 aromatic heterocycles. The summed E-state index contributed by atoms with van der Waals surface area (Å²) in [5.74, 6) is -0.0773. The zero-order valence-electron chi connectivity index (χ0n) is 9.47. The molecular formula is C11H12N4O2S. The van der Waals surface area contributed by atoms with Gasteiger partial charge in [-0.2, -0.15) is 0 Å². The van der Waals surface area contributed by atoms with Crippen LogP contribution in [0.3, 0.4) is 0 Å². The van der Waals surface area contributed by atoms with Crippen molar-refractivity contribution in [3.63, 3.8) is 0 Å². The minimum Gasteiger partial charge on any atom is -0.388 e. The summed E-state index contributed by atoms with van der Waals surface area (Å²) in [6.07, 6.45) is 0.766. The molecule has 0 aromatic carbocycles. The number of anilines is 1. The van der Waals surface area contributed by atoms with Gasteiger partial charge in [0.05, 0.1) is 5.69 Å². The first-order valence-electron chi connectivity index (χ1n) is 5.43. The van der Waals surface area contributed by atoms with Gasteiger partial charge in [0, 0.05) is 6.42 Å². The third-order valence-corrected chi connectivity index (χ3v) is 2.77.